The average Bonchev–Trinajstić information content (AvgIpc) is 1.41. The summed E-state index contributed by atoms with van der Waals surface area (Å²) in [6.45, 7) is 27.9. The molecule has 0 radical (unpaired) electrons. The van der Waals surface area contributed by atoms with Gasteiger partial charge in [0.15, 0.2) is 0 Å². The third-order valence-electron chi connectivity index (χ3n) is 0. The van der Waals surface area contributed by atoms with Gasteiger partial charge in [-0.1, -0.05) is 93.4 Å². The van der Waals surface area contributed by atoms with Gasteiger partial charge in [0.2, 0.25) is 0 Å². The maximum atomic E-state index is 2.33. The highest BCUT2D eigenvalue weighted by molar-refractivity contribution is 6.75. The van der Waals surface area contributed by atoms with Crippen molar-refractivity contribution in [3.05, 3.63) is 0 Å². The van der Waals surface area contributed by atoms with E-state index >= 15 is 0 Å². The Kier molecular flexibility index (Phi) is 21.1. The summed E-state index contributed by atoms with van der Waals surface area (Å²) in [6, 6.07) is 0. The van der Waals surface area contributed by atoms with Crippen molar-refractivity contribution in [3.63, 3.8) is 0 Å². The van der Waals surface area contributed by atoms with Crippen molar-refractivity contribution in [2.45, 2.75) is 93.4 Å². The van der Waals surface area contributed by atoms with Crippen LogP contribution in [0.1, 0.15) is 14.9 Å². The summed E-state index contributed by atoms with van der Waals surface area (Å²) in [4.78, 5) is 0. The molecule has 0 aliphatic rings. The van der Waals surface area contributed by atoms with Crippen LogP contribution in [0.5, 0.6) is 0 Å². The van der Waals surface area contributed by atoms with Crippen LogP contribution in [0.4, 0.5) is 0 Å². The van der Waals surface area contributed by atoms with Crippen LogP contribution in [-0.2, 0) is 0 Å². The fourth-order valence-electron chi connectivity index (χ4n) is 0. The molecule has 0 aliphatic heterocycles. The average molecular weight is 297 g/mol. The second kappa shape index (κ2) is 11.7. The molecule has 17 heavy (non-hydrogen) atoms. The smallest absolute Gasteiger partial charge is 0.0411 e. The molecule has 0 bridgehead atoms. The van der Waals surface area contributed by atoms with Crippen molar-refractivity contribution >= 4 is 24.2 Å². The van der Waals surface area contributed by atoms with E-state index < -0.39 is 24.2 Å². The Bertz CT molecular complexity index is 86.5. The SMILES string of the molecule is C.C.C[Si](C)(C)C.C[Si](C)(C)C.C[Si](C)(C)C. The lowest BCUT2D eigenvalue weighted by molar-refractivity contribution is 1.71. The van der Waals surface area contributed by atoms with Crippen LogP contribution in [0.15, 0.2) is 0 Å². The minimum absolute atomic E-state index is 0. The standard InChI is InChI=1S/3C4H12Si.2CH4/c3*1-5(2,3)4;;/h3*1-4H3;2*1H4. The maximum absolute atomic E-state index is 2.33. The molecule has 0 aromatic rings. The normalized spacial score (nSPS) is 10.6. The van der Waals surface area contributed by atoms with Gasteiger partial charge in [-0.15, -0.1) is 0 Å². The van der Waals surface area contributed by atoms with Crippen LogP contribution < -0.4 is 0 Å². The highest BCUT2D eigenvalue weighted by Gasteiger charge is 2.00. The van der Waals surface area contributed by atoms with Gasteiger partial charge < -0.3 is 0 Å². The second-order valence-corrected chi connectivity index (χ2v) is 27.0. The minimum Gasteiger partial charge on any atom is -0.0776 e. The molecule has 0 atom stereocenters. The second-order valence-electron chi connectivity index (χ2n) is 9.00. The van der Waals surface area contributed by atoms with Crippen LogP contribution >= 0.6 is 0 Å². The highest BCUT2D eigenvalue weighted by Crippen LogP contribution is 1.95. The lowest BCUT2D eigenvalue weighted by Crippen LogP contribution is -2.10. The van der Waals surface area contributed by atoms with E-state index in [1.54, 1.807) is 0 Å². The Morgan fingerprint density at radius 2 is 0.294 bits per heavy atom. The third-order valence-corrected chi connectivity index (χ3v) is 0. The highest BCUT2D eigenvalue weighted by atomic mass is 28.3. The van der Waals surface area contributed by atoms with Gasteiger partial charge in [-0.05, 0) is 0 Å². The molecule has 0 fully saturated rings. The first kappa shape index (κ1) is 30.6. The Hall–Kier alpha value is 0.651. The van der Waals surface area contributed by atoms with Gasteiger partial charge in [-0.25, -0.2) is 0 Å². The quantitative estimate of drug-likeness (QED) is 0.417. The molecule has 0 amide bonds. The van der Waals surface area contributed by atoms with E-state index in [0.717, 1.165) is 0 Å². The molecule has 0 saturated carbocycles. The van der Waals surface area contributed by atoms with Crippen molar-refractivity contribution in [3.8, 4) is 0 Å². The summed E-state index contributed by atoms with van der Waals surface area (Å²) in [5, 5.41) is 0. The fourth-order valence-corrected chi connectivity index (χ4v) is 0. The Balaban J connectivity index is -0.0000000400. The molecular weight excluding hydrogens is 252 g/mol. The molecule has 0 saturated heterocycles. The van der Waals surface area contributed by atoms with E-state index in [2.05, 4.69) is 78.6 Å². The van der Waals surface area contributed by atoms with E-state index in [4.69, 9.17) is 0 Å². The molecular formula is C14H44Si3. The lowest BCUT2D eigenvalue weighted by Gasteiger charge is -2.01. The number of hydrogen-bond acceptors (Lipinski definition) is 0. The van der Waals surface area contributed by atoms with Crippen molar-refractivity contribution in [2.75, 3.05) is 0 Å². The van der Waals surface area contributed by atoms with Crippen LogP contribution in [-0.4, -0.2) is 24.2 Å². The molecule has 0 aromatic heterocycles. The molecule has 112 valence electrons. The first-order valence-corrected chi connectivity index (χ1v) is 18.0. The first-order valence-electron chi connectivity index (χ1n) is 6.00. The molecule has 0 heterocycles. The minimum atomic E-state index is -0.611. The topological polar surface area (TPSA) is 0 Å². The summed E-state index contributed by atoms with van der Waals surface area (Å²) >= 11 is 0. The summed E-state index contributed by atoms with van der Waals surface area (Å²) in [5.74, 6) is 0. The predicted molar refractivity (Wildman–Crippen MR) is 101 cm³/mol. The molecule has 0 nitrogen and oxygen atoms in total. The van der Waals surface area contributed by atoms with E-state index in [1.165, 1.54) is 0 Å². The summed E-state index contributed by atoms with van der Waals surface area (Å²) < 4.78 is 0. The van der Waals surface area contributed by atoms with Crippen molar-refractivity contribution in [1.82, 2.24) is 0 Å². The van der Waals surface area contributed by atoms with Gasteiger partial charge in [-0.3, -0.25) is 0 Å². The summed E-state index contributed by atoms with van der Waals surface area (Å²) in [5.41, 5.74) is 0. The van der Waals surface area contributed by atoms with Gasteiger partial charge in [0.25, 0.3) is 0 Å². The van der Waals surface area contributed by atoms with Crippen LogP contribution in [0.2, 0.25) is 78.6 Å². The van der Waals surface area contributed by atoms with Gasteiger partial charge >= 0.3 is 0 Å². The Morgan fingerprint density at radius 1 is 0.294 bits per heavy atom. The third kappa shape index (κ3) is 8440. The molecule has 0 unspecified atom stereocenters. The van der Waals surface area contributed by atoms with E-state index in [9.17, 15) is 0 Å². The molecule has 0 N–H and O–H groups in total. The van der Waals surface area contributed by atoms with Crippen LogP contribution in [0.3, 0.4) is 0 Å². The van der Waals surface area contributed by atoms with Gasteiger partial charge in [-0.2, -0.15) is 0 Å². The predicted octanol–water partition coefficient (Wildman–Crippen LogP) is 7.14. The Labute approximate surface area is 118 Å². The van der Waals surface area contributed by atoms with Gasteiger partial charge in [0.1, 0.15) is 0 Å². The van der Waals surface area contributed by atoms with Gasteiger partial charge in [0, 0.05) is 24.2 Å². The first-order chi connectivity index (χ1) is 6.00. The van der Waals surface area contributed by atoms with Crippen molar-refractivity contribution in [2.24, 2.45) is 0 Å². The summed E-state index contributed by atoms with van der Waals surface area (Å²) in [6.07, 6.45) is 0. The Morgan fingerprint density at radius 3 is 0.294 bits per heavy atom. The molecule has 0 aliphatic carbocycles. The zero-order chi connectivity index (χ0) is 13.5. The lowest BCUT2D eigenvalue weighted by atomic mass is 11.8. The van der Waals surface area contributed by atoms with Gasteiger partial charge in [0.05, 0.1) is 0 Å². The summed E-state index contributed by atoms with van der Waals surface area (Å²) in [7, 11) is -1.83. The monoisotopic (exact) mass is 296 g/mol. The van der Waals surface area contributed by atoms with Crippen molar-refractivity contribution < 1.29 is 0 Å². The zero-order valence-electron chi connectivity index (χ0n) is 13.5. The molecule has 0 spiro atoms. The largest absolute Gasteiger partial charge is 0.0776 e. The molecule has 0 aromatic carbocycles. The van der Waals surface area contributed by atoms with Crippen LogP contribution in [0.25, 0.3) is 0 Å². The fraction of sp³-hybridized carbons (Fsp3) is 1.00. The van der Waals surface area contributed by atoms with Crippen molar-refractivity contribution in [1.29, 1.82) is 0 Å². The number of hydrogen-bond donors (Lipinski definition) is 0. The van der Waals surface area contributed by atoms with E-state index in [-0.39, 0.29) is 14.9 Å². The zero-order valence-corrected chi connectivity index (χ0v) is 16.5. The molecule has 3 heteroatoms. The van der Waals surface area contributed by atoms with E-state index in [1.807, 2.05) is 0 Å². The maximum Gasteiger partial charge on any atom is 0.0411 e. The van der Waals surface area contributed by atoms with Crippen LogP contribution in [0, 0.1) is 0 Å². The number of rotatable bonds is 0. The molecule has 0 rings (SSSR count). The van der Waals surface area contributed by atoms with E-state index in [0.29, 0.717) is 0 Å².